The van der Waals surface area contributed by atoms with Crippen LogP contribution in [0.4, 0.5) is 0 Å². The van der Waals surface area contributed by atoms with Crippen molar-refractivity contribution in [3.8, 4) is 0 Å². The van der Waals surface area contributed by atoms with E-state index < -0.39 is 0 Å². The van der Waals surface area contributed by atoms with Crippen molar-refractivity contribution in [3.05, 3.63) is 28.5 Å². The molecule has 1 aromatic heterocycles. The fraction of sp³-hybridized carbons (Fsp3) is 0.455. The highest BCUT2D eigenvalue weighted by Crippen LogP contribution is 2.22. The van der Waals surface area contributed by atoms with Gasteiger partial charge in [0.1, 0.15) is 4.60 Å². The van der Waals surface area contributed by atoms with E-state index in [0.29, 0.717) is 16.2 Å². The summed E-state index contributed by atoms with van der Waals surface area (Å²) in [6, 6.07) is 3.90. The first-order chi connectivity index (χ1) is 7.68. The maximum atomic E-state index is 12.2. The first-order valence-corrected chi connectivity index (χ1v) is 7.09. The van der Waals surface area contributed by atoms with Crippen LogP contribution in [0.1, 0.15) is 16.8 Å². The molecule has 2 rings (SSSR count). The molecular formula is C11H13BrN2OS. The minimum atomic E-state index is 0.0793. The maximum absolute atomic E-state index is 12.2. The van der Waals surface area contributed by atoms with Crippen LogP contribution in [0.25, 0.3) is 0 Å². The molecule has 86 valence electrons. The Morgan fingerprint density at radius 1 is 1.69 bits per heavy atom. The summed E-state index contributed by atoms with van der Waals surface area (Å²) in [7, 11) is 1.88. The number of carbonyl (C=O) groups excluding carboxylic acids is 1. The molecule has 0 saturated carbocycles. The third-order valence-corrected chi connectivity index (χ3v) is 4.33. The quantitative estimate of drug-likeness (QED) is 0.787. The molecule has 1 fully saturated rings. The van der Waals surface area contributed by atoms with Gasteiger partial charge in [0, 0.05) is 30.6 Å². The molecule has 3 nitrogen and oxygen atoms in total. The Morgan fingerprint density at radius 2 is 2.50 bits per heavy atom. The molecule has 1 atom stereocenters. The molecule has 0 radical (unpaired) electrons. The van der Waals surface area contributed by atoms with Gasteiger partial charge in [-0.2, -0.15) is 11.8 Å². The van der Waals surface area contributed by atoms with E-state index in [-0.39, 0.29) is 5.91 Å². The predicted molar refractivity (Wildman–Crippen MR) is 69.8 cm³/mol. The van der Waals surface area contributed by atoms with Crippen molar-refractivity contribution in [1.82, 2.24) is 9.88 Å². The summed E-state index contributed by atoms with van der Waals surface area (Å²) >= 11 is 5.19. The summed E-state index contributed by atoms with van der Waals surface area (Å²) in [4.78, 5) is 18.0. The minimum absolute atomic E-state index is 0.0793. The van der Waals surface area contributed by atoms with E-state index in [9.17, 15) is 4.79 Å². The molecule has 1 saturated heterocycles. The molecule has 1 unspecified atom stereocenters. The summed E-state index contributed by atoms with van der Waals surface area (Å²) in [5, 5.41) is 0. The lowest BCUT2D eigenvalue weighted by atomic mass is 10.2. The predicted octanol–water partition coefficient (Wildman–Crippen LogP) is 2.42. The molecule has 0 bridgehead atoms. The van der Waals surface area contributed by atoms with Gasteiger partial charge in [0.25, 0.3) is 5.91 Å². The van der Waals surface area contributed by atoms with E-state index in [2.05, 4.69) is 20.9 Å². The zero-order valence-electron chi connectivity index (χ0n) is 9.02. The summed E-state index contributed by atoms with van der Waals surface area (Å²) < 4.78 is 0.701. The normalized spacial score (nSPS) is 19.8. The molecule has 1 aliphatic rings. The molecule has 0 aliphatic carbocycles. The van der Waals surface area contributed by atoms with Gasteiger partial charge in [0.05, 0.1) is 0 Å². The standard InChI is InChI=1S/C11H13BrN2OS/c1-14(9-3-5-16-7-9)11(15)8-2-4-13-10(12)6-8/h2,4,6,9H,3,5,7H2,1H3. The van der Waals surface area contributed by atoms with Crippen LogP contribution in [0, 0.1) is 0 Å². The first kappa shape index (κ1) is 11.9. The van der Waals surface area contributed by atoms with E-state index in [0.717, 1.165) is 17.9 Å². The van der Waals surface area contributed by atoms with Crippen molar-refractivity contribution in [3.63, 3.8) is 0 Å². The summed E-state index contributed by atoms with van der Waals surface area (Å²) in [6.45, 7) is 0. The molecule has 0 aromatic carbocycles. The van der Waals surface area contributed by atoms with Gasteiger partial charge in [0.2, 0.25) is 0 Å². The molecule has 16 heavy (non-hydrogen) atoms. The van der Waals surface area contributed by atoms with Crippen molar-refractivity contribution in [2.45, 2.75) is 12.5 Å². The summed E-state index contributed by atoms with van der Waals surface area (Å²) in [6.07, 6.45) is 2.74. The van der Waals surface area contributed by atoms with Gasteiger partial charge in [-0.05, 0) is 40.2 Å². The van der Waals surface area contributed by atoms with Crippen LogP contribution in [-0.2, 0) is 0 Å². The summed E-state index contributed by atoms with van der Waals surface area (Å²) in [5.41, 5.74) is 0.696. The Balaban J connectivity index is 2.12. The van der Waals surface area contributed by atoms with Crippen LogP contribution in [0.3, 0.4) is 0 Å². The van der Waals surface area contributed by atoms with Gasteiger partial charge in [0.15, 0.2) is 0 Å². The smallest absolute Gasteiger partial charge is 0.254 e. The lowest BCUT2D eigenvalue weighted by Crippen LogP contribution is -2.36. The fourth-order valence-electron chi connectivity index (χ4n) is 1.73. The van der Waals surface area contributed by atoms with E-state index >= 15 is 0 Å². The SMILES string of the molecule is CN(C(=O)c1ccnc(Br)c1)C1CCSC1. The van der Waals surface area contributed by atoms with Gasteiger partial charge in [-0.15, -0.1) is 0 Å². The monoisotopic (exact) mass is 300 g/mol. The van der Waals surface area contributed by atoms with Gasteiger partial charge < -0.3 is 4.90 Å². The number of pyridine rings is 1. The van der Waals surface area contributed by atoms with Gasteiger partial charge in [-0.25, -0.2) is 4.98 Å². The van der Waals surface area contributed by atoms with Crippen molar-refractivity contribution in [2.75, 3.05) is 18.6 Å². The highest BCUT2D eigenvalue weighted by atomic mass is 79.9. The Kier molecular flexibility index (Phi) is 3.86. The number of amides is 1. The Bertz CT molecular complexity index is 393. The first-order valence-electron chi connectivity index (χ1n) is 5.15. The largest absolute Gasteiger partial charge is 0.338 e. The molecule has 0 spiro atoms. The van der Waals surface area contributed by atoms with Crippen LogP contribution in [0.5, 0.6) is 0 Å². The number of aromatic nitrogens is 1. The number of hydrogen-bond donors (Lipinski definition) is 0. The minimum Gasteiger partial charge on any atom is -0.338 e. The lowest BCUT2D eigenvalue weighted by Gasteiger charge is -2.23. The van der Waals surface area contributed by atoms with Gasteiger partial charge in [-0.3, -0.25) is 4.79 Å². The zero-order chi connectivity index (χ0) is 11.5. The Morgan fingerprint density at radius 3 is 3.12 bits per heavy atom. The topological polar surface area (TPSA) is 33.2 Å². The van der Waals surface area contributed by atoms with E-state index in [1.807, 2.05) is 23.7 Å². The fourth-order valence-corrected chi connectivity index (χ4v) is 3.37. The Labute approximate surface area is 108 Å². The van der Waals surface area contributed by atoms with Gasteiger partial charge >= 0.3 is 0 Å². The van der Waals surface area contributed by atoms with Crippen LogP contribution < -0.4 is 0 Å². The highest BCUT2D eigenvalue weighted by molar-refractivity contribution is 9.10. The van der Waals surface area contributed by atoms with E-state index in [4.69, 9.17) is 0 Å². The number of carbonyl (C=O) groups is 1. The molecule has 2 heterocycles. The zero-order valence-corrected chi connectivity index (χ0v) is 11.4. The second-order valence-electron chi connectivity index (χ2n) is 3.80. The second kappa shape index (κ2) is 5.19. The van der Waals surface area contributed by atoms with Crippen LogP contribution in [-0.4, -0.2) is 40.4 Å². The average molecular weight is 301 g/mol. The lowest BCUT2D eigenvalue weighted by molar-refractivity contribution is 0.0747. The molecule has 1 amide bonds. The highest BCUT2D eigenvalue weighted by Gasteiger charge is 2.24. The maximum Gasteiger partial charge on any atom is 0.254 e. The number of hydrogen-bond acceptors (Lipinski definition) is 3. The molecule has 1 aliphatic heterocycles. The van der Waals surface area contributed by atoms with Crippen LogP contribution in [0.15, 0.2) is 22.9 Å². The Hall–Kier alpha value is -0.550. The third-order valence-electron chi connectivity index (χ3n) is 2.75. The average Bonchev–Trinajstić information content (AvgIpc) is 2.80. The molecule has 1 aromatic rings. The number of nitrogens with zero attached hydrogens (tertiary/aromatic N) is 2. The van der Waals surface area contributed by atoms with E-state index in [1.54, 1.807) is 18.3 Å². The van der Waals surface area contributed by atoms with Gasteiger partial charge in [-0.1, -0.05) is 0 Å². The third kappa shape index (κ3) is 2.58. The summed E-state index contributed by atoms with van der Waals surface area (Å²) in [5.74, 6) is 2.28. The van der Waals surface area contributed by atoms with Crippen molar-refractivity contribution < 1.29 is 4.79 Å². The number of rotatable bonds is 2. The molecule has 5 heteroatoms. The second-order valence-corrected chi connectivity index (χ2v) is 5.76. The van der Waals surface area contributed by atoms with Crippen molar-refractivity contribution >= 4 is 33.6 Å². The van der Waals surface area contributed by atoms with Crippen molar-refractivity contribution in [2.24, 2.45) is 0 Å². The molecular weight excluding hydrogens is 288 g/mol. The van der Waals surface area contributed by atoms with Crippen LogP contribution in [0.2, 0.25) is 0 Å². The van der Waals surface area contributed by atoms with Crippen molar-refractivity contribution in [1.29, 1.82) is 0 Å². The number of thioether (sulfide) groups is 1. The molecule has 0 N–H and O–H groups in total. The number of halogens is 1. The van der Waals surface area contributed by atoms with E-state index in [1.165, 1.54) is 0 Å². The van der Waals surface area contributed by atoms with Crippen LogP contribution >= 0.6 is 27.7 Å².